The number of methoxy groups -OCH3 is 1. The van der Waals surface area contributed by atoms with Crippen molar-refractivity contribution in [1.82, 2.24) is 0 Å². The smallest absolute Gasteiger partial charge is 0.343 e. The van der Waals surface area contributed by atoms with E-state index in [1.807, 2.05) is 0 Å². The highest BCUT2D eigenvalue weighted by Crippen LogP contribution is 2.36. The Kier molecular flexibility index (Phi) is 6.64. The molecule has 0 amide bonds. The summed E-state index contributed by atoms with van der Waals surface area (Å²) in [5, 5.41) is 38.3. The van der Waals surface area contributed by atoms with Crippen molar-refractivity contribution in [3.63, 3.8) is 0 Å². The molecule has 0 unspecified atom stereocenters. The Balaban J connectivity index is 1.42. The number of hydrogen-bond donors (Lipinski definition) is 4. The molecule has 9 heteroatoms. The predicted octanol–water partition coefficient (Wildman–Crippen LogP) is 4.62. The van der Waals surface area contributed by atoms with E-state index in [9.17, 15) is 30.0 Å². The van der Waals surface area contributed by atoms with Gasteiger partial charge in [0, 0.05) is 0 Å². The minimum Gasteiger partial charge on any atom is -0.504 e. The van der Waals surface area contributed by atoms with Crippen molar-refractivity contribution in [3.05, 3.63) is 90.0 Å². The second kappa shape index (κ2) is 9.98. The third-order valence-electron chi connectivity index (χ3n) is 5.18. The van der Waals surface area contributed by atoms with Gasteiger partial charge in [0.1, 0.15) is 11.5 Å². The number of carbonyl (C=O) groups is 2. The van der Waals surface area contributed by atoms with E-state index in [0.29, 0.717) is 0 Å². The standard InChI is InChI=1S/C27H20O9/c1-34-24-14-18(13-23(30)25(24)31)27(33)36-20-9-4-16(5-10-20)15-2-7-19(8-3-15)35-26(32)17-6-11-21(28)22(29)12-17/h2-14,28-31H,1H3. The topological polar surface area (TPSA) is 143 Å². The number of phenolic OH excluding ortho intramolecular Hbond substituents is 4. The first-order valence-electron chi connectivity index (χ1n) is 10.5. The molecule has 4 aromatic rings. The zero-order valence-electron chi connectivity index (χ0n) is 18.8. The molecule has 0 radical (unpaired) electrons. The van der Waals surface area contributed by atoms with Crippen LogP contribution in [0.1, 0.15) is 20.7 Å². The summed E-state index contributed by atoms with van der Waals surface area (Å²) in [6, 6.07) is 19.3. The summed E-state index contributed by atoms with van der Waals surface area (Å²) in [4.78, 5) is 24.7. The van der Waals surface area contributed by atoms with Crippen LogP contribution in [0.2, 0.25) is 0 Å². The van der Waals surface area contributed by atoms with Gasteiger partial charge >= 0.3 is 11.9 Å². The molecule has 182 valence electrons. The number of rotatable bonds is 6. The van der Waals surface area contributed by atoms with Crippen LogP contribution in [0.15, 0.2) is 78.9 Å². The van der Waals surface area contributed by atoms with E-state index in [-0.39, 0.29) is 34.1 Å². The summed E-state index contributed by atoms with van der Waals surface area (Å²) in [5.74, 6) is -2.69. The second-order valence-electron chi connectivity index (χ2n) is 7.58. The predicted molar refractivity (Wildman–Crippen MR) is 128 cm³/mol. The van der Waals surface area contributed by atoms with Crippen molar-refractivity contribution in [1.29, 1.82) is 0 Å². The maximum Gasteiger partial charge on any atom is 0.343 e. The van der Waals surface area contributed by atoms with Crippen molar-refractivity contribution in [2.45, 2.75) is 0 Å². The molecule has 0 aromatic heterocycles. The lowest BCUT2D eigenvalue weighted by Crippen LogP contribution is -2.08. The average Bonchev–Trinajstić information content (AvgIpc) is 2.88. The van der Waals surface area contributed by atoms with Gasteiger partial charge in [0.25, 0.3) is 0 Å². The van der Waals surface area contributed by atoms with Gasteiger partial charge in [-0.3, -0.25) is 0 Å². The summed E-state index contributed by atoms with van der Waals surface area (Å²) < 4.78 is 15.5. The molecule has 0 aliphatic rings. The molecular weight excluding hydrogens is 468 g/mol. The summed E-state index contributed by atoms with van der Waals surface area (Å²) in [7, 11) is 1.29. The Morgan fingerprint density at radius 3 is 1.58 bits per heavy atom. The molecular formula is C27H20O9. The van der Waals surface area contributed by atoms with Crippen molar-refractivity contribution in [3.8, 4) is 51.4 Å². The Hall–Kier alpha value is -5.18. The molecule has 36 heavy (non-hydrogen) atoms. The third-order valence-corrected chi connectivity index (χ3v) is 5.18. The molecule has 4 N–H and O–H groups in total. The Bertz CT molecular complexity index is 1430. The first-order valence-corrected chi connectivity index (χ1v) is 10.5. The van der Waals surface area contributed by atoms with Gasteiger partial charge in [-0.25, -0.2) is 9.59 Å². The quantitative estimate of drug-likeness (QED) is 0.174. The van der Waals surface area contributed by atoms with Crippen LogP contribution < -0.4 is 14.2 Å². The molecule has 4 aromatic carbocycles. The van der Waals surface area contributed by atoms with Crippen molar-refractivity contribution in [2.24, 2.45) is 0 Å². The highest BCUT2D eigenvalue weighted by molar-refractivity contribution is 5.93. The number of ether oxygens (including phenoxy) is 3. The Morgan fingerprint density at radius 2 is 1.08 bits per heavy atom. The van der Waals surface area contributed by atoms with Crippen molar-refractivity contribution >= 4 is 11.9 Å². The van der Waals surface area contributed by atoms with E-state index in [1.165, 1.54) is 25.3 Å². The number of carbonyl (C=O) groups excluding carboxylic acids is 2. The van der Waals surface area contributed by atoms with Crippen LogP contribution in [0.5, 0.6) is 40.2 Å². The first kappa shape index (κ1) is 24.0. The lowest BCUT2D eigenvalue weighted by atomic mass is 10.1. The number of esters is 2. The molecule has 0 heterocycles. The molecule has 0 atom stereocenters. The van der Waals surface area contributed by atoms with Gasteiger partial charge in [-0.2, -0.15) is 0 Å². The van der Waals surface area contributed by atoms with Crippen LogP contribution in [0.25, 0.3) is 11.1 Å². The maximum absolute atomic E-state index is 12.4. The maximum atomic E-state index is 12.4. The molecule has 9 nitrogen and oxygen atoms in total. The SMILES string of the molecule is COc1cc(C(=O)Oc2ccc(-c3ccc(OC(=O)c4ccc(O)c(O)c4)cc3)cc2)cc(O)c1O. The van der Waals surface area contributed by atoms with Crippen LogP contribution in [0.4, 0.5) is 0 Å². The zero-order valence-corrected chi connectivity index (χ0v) is 18.8. The monoisotopic (exact) mass is 488 g/mol. The van der Waals surface area contributed by atoms with Gasteiger partial charge in [0.15, 0.2) is 23.0 Å². The van der Waals surface area contributed by atoms with Crippen LogP contribution in [-0.4, -0.2) is 39.5 Å². The summed E-state index contributed by atoms with van der Waals surface area (Å²) >= 11 is 0. The van der Waals surface area contributed by atoms with Gasteiger partial charge in [-0.05, 0) is 65.7 Å². The number of benzene rings is 4. The molecule has 0 saturated carbocycles. The van der Waals surface area contributed by atoms with E-state index in [4.69, 9.17) is 14.2 Å². The van der Waals surface area contributed by atoms with E-state index in [2.05, 4.69) is 0 Å². The molecule has 0 spiro atoms. The minimum absolute atomic E-state index is 0.00104. The first-order chi connectivity index (χ1) is 17.2. The fraction of sp³-hybridized carbons (Fsp3) is 0.0370. The van der Waals surface area contributed by atoms with Crippen LogP contribution in [0, 0.1) is 0 Å². The van der Waals surface area contributed by atoms with Gasteiger partial charge in [0.2, 0.25) is 5.75 Å². The van der Waals surface area contributed by atoms with E-state index < -0.39 is 29.2 Å². The largest absolute Gasteiger partial charge is 0.504 e. The van der Waals surface area contributed by atoms with Gasteiger partial charge < -0.3 is 34.6 Å². The second-order valence-corrected chi connectivity index (χ2v) is 7.58. The van der Waals surface area contributed by atoms with E-state index in [1.54, 1.807) is 48.5 Å². The third kappa shape index (κ3) is 5.15. The van der Waals surface area contributed by atoms with Crippen LogP contribution >= 0.6 is 0 Å². The molecule has 0 aliphatic carbocycles. The fourth-order valence-corrected chi connectivity index (χ4v) is 3.28. The average molecular weight is 488 g/mol. The molecule has 0 saturated heterocycles. The normalized spacial score (nSPS) is 10.5. The minimum atomic E-state index is -0.746. The highest BCUT2D eigenvalue weighted by atomic mass is 16.5. The van der Waals surface area contributed by atoms with Crippen LogP contribution in [0.3, 0.4) is 0 Å². The number of aromatic hydroxyl groups is 4. The van der Waals surface area contributed by atoms with Crippen molar-refractivity contribution in [2.75, 3.05) is 7.11 Å². The lowest BCUT2D eigenvalue weighted by molar-refractivity contribution is 0.0724. The molecule has 0 aliphatic heterocycles. The zero-order chi connectivity index (χ0) is 25.8. The molecule has 4 rings (SSSR count). The summed E-state index contributed by atoms with van der Waals surface area (Å²) in [6.07, 6.45) is 0. The van der Waals surface area contributed by atoms with E-state index in [0.717, 1.165) is 23.3 Å². The summed E-state index contributed by atoms with van der Waals surface area (Å²) in [6.45, 7) is 0. The Labute approximate surface area is 205 Å². The highest BCUT2D eigenvalue weighted by Gasteiger charge is 2.16. The van der Waals surface area contributed by atoms with Gasteiger partial charge in [-0.1, -0.05) is 24.3 Å². The number of hydrogen-bond acceptors (Lipinski definition) is 9. The number of phenols is 4. The summed E-state index contributed by atoms with van der Waals surface area (Å²) in [5.41, 5.74) is 1.70. The fourth-order valence-electron chi connectivity index (χ4n) is 3.28. The Morgan fingerprint density at radius 1 is 0.583 bits per heavy atom. The molecule has 0 fully saturated rings. The van der Waals surface area contributed by atoms with Crippen LogP contribution in [-0.2, 0) is 0 Å². The van der Waals surface area contributed by atoms with Crippen molar-refractivity contribution < 1.29 is 44.2 Å². The van der Waals surface area contributed by atoms with E-state index >= 15 is 0 Å². The lowest BCUT2D eigenvalue weighted by Gasteiger charge is -2.10. The molecule has 0 bridgehead atoms. The van der Waals surface area contributed by atoms with Gasteiger partial charge in [-0.15, -0.1) is 0 Å². The van der Waals surface area contributed by atoms with Gasteiger partial charge in [0.05, 0.1) is 18.2 Å².